The number of nitrogens with one attached hydrogen (secondary N) is 1. The molecule has 1 aromatic heterocycles. The van der Waals surface area contributed by atoms with Gasteiger partial charge in [-0.05, 0) is 36.6 Å². The molecule has 2 aromatic rings. The topological polar surface area (TPSA) is 59.2 Å². The van der Waals surface area contributed by atoms with Crippen molar-refractivity contribution in [1.82, 2.24) is 4.98 Å². The minimum Gasteiger partial charge on any atom is -0.465 e. The first-order chi connectivity index (χ1) is 7.61. The Morgan fingerprint density at radius 3 is 2.75 bits per heavy atom. The third-order valence-corrected chi connectivity index (χ3v) is 2.45. The van der Waals surface area contributed by atoms with E-state index in [9.17, 15) is 9.59 Å². The molecular formula is C12H11NO3. The Balaban J connectivity index is 2.67. The largest absolute Gasteiger partial charge is 0.465 e. The number of ether oxygens (including phenoxy) is 1. The van der Waals surface area contributed by atoms with Gasteiger partial charge in [-0.3, -0.25) is 4.79 Å². The van der Waals surface area contributed by atoms with Gasteiger partial charge in [-0.25, -0.2) is 4.79 Å². The molecule has 0 unspecified atom stereocenters. The molecule has 0 aliphatic rings. The lowest BCUT2D eigenvalue weighted by atomic mass is 10.1. The Hall–Kier alpha value is -2.10. The SMILES string of the molecule is COC(=O)c1ccc2[nH]c(=O)c(C)cc2c1. The molecule has 4 heteroatoms. The van der Waals surface area contributed by atoms with Crippen molar-refractivity contribution in [1.29, 1.82) is 0 Å². The maximum atomic E-state index is 11.4. The van der Waals surface area contributed by atoms with Gasteiger partial charge in [-0.15, -0.1) is 0 Å². The second-order valence-electron chi connectivity index (χ2n) is 3.58. The molecule has 2 rings (SSSR count). The number of hydrogen-bond donors (Lipinski definition) is 1. The zero-order valence-electron chi connectivity index (χ0n) is 9.03. The lowest BCUT2D eigenvalue weighted by Crippen LogP contribution is -2.09. The molecular weight excluding hydrogens is 206 g/mol. The lowest BCUT2D eigenvalue weighted by molar-refractivity contribution is 0.0601. The van der Waals surface area contributed by atoms with Gasteiger partial charge < -0.3 is 9.72 Å². The summed E-state index contributed by atoms with van der Waals surface area (Å²) in [6.07, 6.45) is 0. The smallest absolute Gasteiger partial charge is 0.337 e. The van der Waals surface area contributed by atoms with Crippen LogP contribution < -0.4 is 5.56 Å². The van der Waals surface area contributed by atoms with E-state index in [1.54, 1.807) is 31.2 Å². The van der Waals surface area contributed by atoms with E-state index < -0.39 is 0 Å². The van der Waals surface area contributed by atoms with Crippen molar-refractivity contribution in [3.8, 4) is 0 Å². The molecule has 16 heavy (non-hydrogen) atoms. The maximum absolute atomic E-state index is 11.4. The molecule has 0 aliphatic carbocycles. The number of pyridine rings is 1. The first kappa shape index (κ1) is 10.4. The number of esters is 1. The molecule has 0 spiro atoms. The zero-order chi connectivity index (χ0) is 11.7. The van der Waals surface area contributed by atoms with Crippen LogP contribution in [-0.2, 0) is 4.74 Å². The Bertz CT molecular complexity index is 613. The Morgan fingerprint density at radius 1 is 1.31 bits per heavy atom. The molecule has 0 aliphatic heterocycles. The van der Waals surface area contributed by atoms with Crippen LogP contribution in [-0.4, -0.2) is 18.1 Å². The van der Waals surface area contributed by atoms with Gasteiger partial charge in [0.1, 0.15) is 0 Å². The van der Waals surface area contributed by atoms with Crippen LogP contribution in [0.5, 0.6) is 0 Å². The van der Waals surface area contributed by atoms with Gasteiger partial charge in [0.15, 0.2) is 0 Å². The van der Waals surface area contributed by atoms with Crippen molar-refractivity contribution in [3.05, 3.63) is 45.7 Å². The van der Waals surface area contributed by atoms with E-state index in [0.29, 0.717) is 16.6 Å². The Morgan fingerprint density at radius 2 is 2.06 bits per heavy atom. The van der Waals surface area contributed by atoms with Crippen molar-refractivity contribution in [2.45, 2.75) is 6.92 Å². The average molecular weight is 217 g/mol. The molecule has 0 amide bonds. The van der Waals surface area contributed by atoms with Crippen LogP contribution in [0.2, 0.25) is 0 Å². The number of benzene rings is 1. The fourth-order valence-corrected chi connectivity index (χ4v) is 1.56. The number of methoxy groups -OCH3 is 1. The van der Waals surface area contributed by atoms with E-state index in [1.807, 2.05) is 0 Å². The van der Waals surface area contributed by atoms with Gasteiger partial charge in [0.25, 0.3) is 5.56 Å². The predicted molar refractivity (Wildman–Crippen MR) is 60.6 cm³/mol. The summed E-state index contributed by atoms with van der Waals surface area (Å²) in [4.78, 5) is 25.4. The molecule has 1 heterocycles. The second kappa shape index (κ2) is 3.81. The maximum Gasteiger partial charge on any atom is 0.337 e. The van der Waals surface area contributed by atoms with Crippen molar-refractivity contribution < 1.29 is 9.53 Å². The first-order valence-corrected chi connectivity index (χ1v) is 4.84. The van der Waals surface area contributed by atoms with Gasteiger partial charge in [0.2, 0.25) is 0 Å². The number of carbonyl (C=O) groups is 1. The van der Waals surface area contributed by atoms with Crippen LogP contribution in [0.3, 0.4) is 0 Å². The number of rotatable bonds is 1. The average Bonchev–Trinajstić information content (AvgIpc) is 2.29. The van der Waals surface area contributed by atoms with Crippen LogP contribution in [0.25, 0.3) is 10.9 Å². The Kier molecular flexibility index (Phi) is 2.48. The highest BCUT2D eigenvalue weighted by molar-refractivity contribution is 5.94. The normalized spacial score (nSPS) is 10.4. The number of aromatic amines is 1. The van der Waals surface area contributed by atoms with Crippen molar-refractivity contribution in [2.75, 3.05) is 7.11 Å². The lowest BCUT2D eigenvalue weighted by Gasteiger charge is -2.02. The van der Waals surface area contributed by atoms with Crippen LogP contribution in [0.15, 0.2) is 29.1 Å². The zero-order valence-corrected chi connectivity index (χ0v) is 9.03. The highest BCUT2D eigenvalue weighted by atomic mass is 16.5. The third-order valence-electron chi connectivity index (χ3n) is 2.45. The van der Waals surface area contributed by atoms with Gasteiger partial charge in [-0.1, -0.05) is 0 Å². The van der Waals surface area contributed by atoms with E-state index in [-0.39, 0.29) is 11.5 Å². The number of aromatic nitrogens is 1. The summed E-state index contributed by atoms with van der Waals surface area (Å²) in [5.41, 5.74) is 1.69. The van der Waals surface area contributed by atoms with Crippen LogP contribution in [0, 0.1) is 6.92 Å². The van der Waals surface area contributed by atoms with E-state index in [4.69, 9.17) is 0 Å². The molecule has 0 fully saturated rings. The molecule has 0 bridgehead atoms. The molecule has 0 saturated heterocycles. The van der Waals surface area contributed by atoms with Crippen molar-refractivity contribution >= 4 is 16.9 Å². The number of hydrogen-bond acceptors (Lipinski definition) is 3. The summed E-state index contributed by atoms with van der Waals surface area (Å²) >= 11 is 0. The van der Waals surface area contributed by atoms with Gasteiger partial charge in [0, 0.05) is 11.1 Å². The molecule has 0 radical (unpaired) electrons. The predicted octanol–water partition coefficient (Wildman–Crippen LogP) is 1.62. The van der Waals surface area contributed by atoms with Crippen LogP contribution in [0.4, 0.5) is 0 Å². The monoisotopic (exact) mass is 217 g/mol. The molecule has 1 N–H and O–H groups in total. The second-order valence-corrected chi connectivity index (χ2v) is 3.58. The van der Waals surface area contributed by atoms with Crippen LogP contribution in [0.1, 0.15) is 15.9 Å². The minimum absolute atomic E-state index is 0.113. The van der Waals surface area contributed by atoms with Crippen molar-refractivity contribution in [3.63, 3.8) is 0 Å². The standard InChI is InChI=1S/C12H11NO3/c1-7-5-9-6-8(12(15)16-2)3-4-10(9)13-11(7)14/h3-6H,1-2H3,(H,13,14). The van der Waals surface area contributed by atoms with Gasteiger partial charge in [0.05, 0.1) is 12.7 Å². The number of H-pyrrole nitrogens is 1. The quantitative estimate of drug-likeness (QED) is 0.738. The summed E-state index contributed by atoms with van der Waals surface area (Å²) in [5.74, 6) is -0.384. The van der Waals surface area contributed by atoms with Gasteiger partial charge in [-0.2, -0.15) is 0 Å². The Labute approximate surface area is 91.9 Å². The highest BCUT2D eigenvalue weighted by Gasteiger charge is 2.06. The number of carbonyl (C=O) groups excluding carboxylic acids is 1. The van der Waals surface area contributed by atoms with E-state index in [1.165, 1.54) is 7.11 Å². The summed E-state index contributed by atoms with van der Waals surface area (Å²) in [5, 5.41) is 0.819. The third kappa shape index (κ3) is 1.69. The number of fused-ring (bicyclic) bond motifs is 1. The molecule has 1 aromatic carbocycles. The molecule has 0 saturated carbocycles. The van der Waals surface area contributed by atoms with E-state index in [0.717, 1.165) is 5.39 Å². The molecule has 82 valence electrons. The van der Waals surface area contributed by atoms with E-state index in [2.05, 4.69) is 9.72 Å². The van der Waals surface area contributed by atoms with Crippen molar-refractivity contribution in [2.24, 2.45) is 0 Å². The number of aryl methyl sites for hydroxylation is 1. The van der Waals surface area contributed by atoms with Gasteiger partial charge >= 0.3 is 5.97 Å². The summed E-state index contributed by atoms with van der Waals surface area (Å²) in [6, 6.07) is 6.77. The summed E-state index contributed by atoms with van der Waals surface area (Å²) in [7, 11) is 1.34. The first-order valence-electron chi connectivity index (χ1n) is 4.84. The highest BCUT2D eigenvalue weighted by Crippen LogP contribution is 2.14. The van der Waals surface area contributed by atoms with Crippen LogP contribution >= 0.6 is 0 Å². The van der Waals surface area contributed by atoms with E-state index >= 15 is 0 Å². The molecule has 0 atom stereocenters. The summed E-state index contributed by atoms with van der Waals surface area (Å²) in [6.45, 7) is 1.73. The summed E-state index contributed by atoms with van der Waals surface area (Å²) < 4.78 is 4.63. The minimum atomic E-state index is -0.384. The fraction of sp³-hybridized carbons (Fsp3) is 0.167. The fourth-order valence-electron chi connectivity index (χ4n) is 1.56. The molecule has 4 nitrogen and oxygen atoms in total.